The third-order valence-corrected chi connectivity index (χ3v) is 6.93. The van der Waals surface area contributed by atoms with Crippen LogP contribution in [0.5, 0.6) is 0 Å². The zero-order chi connectivity index (χ0) is 18.3. The fourth-order valence-corrected chi connectivity index (χ4v) is 6.13. The van der Waals surface area contributed by atoms with Gasteiger partial charge in [-0.1, -0.05) is 11.6 Å². The minimum atomic E-state index is -0.261. The number of carbonyl (C=O) groups is 2. The number of rotatable bonds is 5. The van der Waals surface area contributed by atoms with Crippen LogP contribution in [0.1, 0.15) is 55.3 Å². The number of nitrogens with zero attached hydrogens (tertiary/aromatic N) is 1. The van der Waals surface area contributed by atoms with Crippen molar-refractivity contribution in [2.24, 2.45) is 17.8 Å². The second-order valence-corrected chi connectivity index (χ2v) is 8.87. The summed E-state index contributed by atoms with van der Waals surface area (Å²) in [4.78, 5) is 27.2. The third-order valence-electron chi connectivity index (χ3n) is 6.68. The molecule has 0 spiro atoms. The molecule has 4 aliphatic rings. The van der Waals surface area contributed by atoms with Crippen molar-refractivity contribution in [3.63, 3.8) is 0 Å². The average molecular weight is 376 g/mol. The second kappa shape index (κ2) is 6.88. The van der Waals surface area contributed by atoms with Gasteiger partial charge in [-0.15, -0.1) is 0 Å². The van der Waals surface area contributed by atoms with Crippen LogP contribution in [0.15, 0.2) is 24.3 Å². The van der Waals surface area contributed by atoms with Gasteiger partial charge in [0.05, 0.1) is 13.5 Å². The Morgan fingerprint density at radius 2 is 1.62 bits per heavy atom. The highest BCUT2D eigenvalue weighted by atomic mass is 35.5. The normalized spacial score (nSPS) is 31.7. The fourth-order valence-electron chi connectivity index (χ4n) is 6.00. The van der Waals surface area contributed by atoms with E-state index in [4.69, 9.17) is 16.3 Å². The number of amides is 1. The molecule has 26 heavy (non-hydrogen) atoms. The smallest absolute Gasteiger partial charge is 0.307 e. The van der Waals surface area contributed by atoms with E-state index in [1.807, 2.05) is 4.90 Å². The Morgan fingerprint density at radius 1 is 1.08 bits per heavy atom. The van der Waals surface area contributed by atoms with E-state index in [1.54, 1.807) is 24.3 Å². The molecule has 4 nitrogen and oxygen atoms in total. The Morgan fingerprint density at radius 3 is 2.12 bits per heavy atom. The lowest BCUT2D eigenvalue weighted by Gasteiger charge is -2.60. The molecule has 4 fully saturated rings. The lowest BCUT2D eigenvalue weighted by Crippen LogP contribution is -2.61. The summed E-state index contributed by atoms with van der Waals surface area (Å²) >= 11 is 5.99. The number of hydrogen-bond donors (Lipinski definition) is 0. The first kappa shape index (κ1) is 17.8. The van der Waals surface area contributed by atoms with Crippen LogP contribution in [0.4, 0.5) is 0 Å². The van der Waals surface area contributed by atoms with Gasteiger partial charge in [-0.05, 0) is 80.5 Å². The standard InChI is InChI=1S/C21H26ClNO3/c1-26-19(24)6-7-23(20(25)17-2-4-18(22)5-3-17)21-11-14-8-15(12-21)10-16(9-14)13-21/h2-5,14-16H,6-13H2,1H3. The number of esters is 1. The lowest BCUT2D eigenvalue weighted by molar-refractivity contribution is -0.141. The van der Waals surface area contributed by atoms with Gasteiger partial charge in [0, 0.05) is 22.7 Å². The highest BCUT2D eigenvalue weighted by Gasteiger charge is 2.54. The zero-order valence-corrected chi connectivity index (χ0v) is 16.0. The van der Waals surface area contributed by atoms with Crippen LogP contribution < -0.4 is 0 Å². The lowest BCUT2D eigenvalue weighted by atomic mass is 9.52. The topological polar surface area (TPSA) is 46.6 Å². The van der Waals surface area contributed by atoms with Crippen molar-refractivity contribution in [2.75, 3.05) is 13.7 Å². The summed E-state index contributed by atoms with van der Waals surface area (Å²) < 4.78 is 4.83. The maximum absolute atomic E-state index is 13.4. The summed E-state index contributed by atoms with van der Waals surface area (Å²) in [5, 5.41) is 0.623. The number of methoxy groups -OCH3 is 1. The van der Waals surface area contributed by atoms with E-state index in [9.17, 15) is 9.59 Å². The van der Waals surface area contributed by atoms with E-state index in [0.29, 0.717) is 17.1 Å². The van der Waals surface area contributed by atoms with E-state index in [2.05, 4.69) is 0 Å². The van der Waals surface area contributed by atoms with Crippen molar-refractivity contribution < 1.29 is 14.3 Å². The quantitative estimate of drug-likeness (QED) is 0.720. The molecule has 4 bridgehead atoms. The molecule has 0 heterocycles. The van der Waals surface area contributed by atoms with Crippen molar-refractivity contribution in [3.8, 4) is 0 Å². The first-order valence-corrected chi connectivity index (χ1v) is 10.0. The van der Waals surface area contributed by atoms with Crippen LogP contribution in [0.2, 0.25) is 5.02 Å². The van der Waals surface area contributed by atoms with Gasteiger partial charge in [0.1, 0.15) is 0 Å². The van der Waals surface area contributed by atoms with Gasteiger partial charge in [-0.3, -0.25) is 9.59 Å². The fraction of sp³-hybridized carbons (Fsp3) is 0.619. The minimum absolute atomic E-state index is 0.0209. The molecule has 4 saturated carbocycles. The number of ether oxygens (including phenoxy) is 1. The van der Waals surface area contributed by atoms with Crippen LogP contribution >= 0.6 is 11.6 Å². The van der Waals surface area contributed by atoms with Crippen molar-refractivity contribution in [1.29, 1.82) is 0 Å². The molecule has 0 atom stereocenters. The molecule has 1 aromatic rings. The molecule has 5 rings (SSSR count). The SMILES string of the molecule is COC(=O)CCN(C(=O)c1ccc(Cl)cc1)C12CC3CC(CC(C3)C1)C2. The highest BCUT2D eigenvalue weighted by Crippen LogP contribution is 2.58. The highest BCUT2D eigenvalue weighted by molar-refractivity contribution is 6.30. The van der Waals surface area contributed by atoms with Crippen molar-refractivity contribution in [3.05, 3.63) is 34.9 Å². The molecular weight excluding hydrogens is 350 g/mol. The van der Waals surface area contributed by atoms with Crippen LogP contribution in [0, 0.1) is 17.8 Å². The number of benzene rings is 1. The van der Waals surface area contributed by atoms with E-state index in [0.717, 1.165) is 37.0 Å². The van der Waals surface area contributed by atoms with Gasteiger partial charge in [0.25, 0.3) is 5.91 Å². The molecule has 0 aliphatic heterocycles. The molecule has 0 N–H and O–H groups in total. The summed E-state index contributed by atoms with van der Waals surface area (Å²) in [7, 11) is 1.40. The Balaban J connectivity index is 1.63. The third kappa shape index (κ3) is 3.24. The summed E-state index contributed by atoms with van der Waals surface area (Å²) in [6, 6.07) is 7.09. The van der Waals surface area contributed by atoms with Gasteiger partial charge in [0.2, 0.25) is 0 Å². The number of hydrogen-bond acceptors (Lipinski definition) is 3. The Hall–Kier alpha value is -1.55. The first-order valence-electron chi connectivity index (χ1n) is 9.63. The van der Waals surface area contributed by atoms with E-state index in [-0.39, 0.29) is 23.8 Å². The predicted molar refractivity (Wildman–Crippen MR) is 100 cm³/mol. The minimum Gasteiger partial charge on any atom is -0.469 e. The van der Waals surface area contributed by atoms with Gasteiger partial charge < -0.3 is 9.64 Å². The Labute approximate surface area is 159 Å². The van der Waals surface area contributed by atoms with E-state index >= 15 is 0 Å². The first-order chi connectivity index (χ1) is 12.5. The van der Waals surface area contributed by atoms with Crippen LogP contribution in [-0.4, -0.2) is 36.0 Å². The van der Waals surface area contributed by atoms with Crippen molar-refractivity contribution in [2.45, 2.75) is 50.5 Å². The molecule has 5 heteroatoms. The molecule has 140 valence electrons. The van der Waals surface area contributed by atoms with Gasteiger partial charge >= 0.3 is 5.97 Å². The van der Waals surface area contributed by atoms with Crippen LogP contribution in [0.3, 0.4) is 0 Å². The van der Waals surface area contributed by atoms with Crippen LogP contribution in [-0.2, 0) is 9.53 Å². The summed E-state index contributed by atoms with van der Waals surface area (Å²) in [5.41, 5.74) is 0.564. The second-order valence-electron chi connectivity index (χ2n) is 8.43. The van der Waals surface area contributed by atoms with Crippen LogP contribution in [0.25, 0.3) is 0 Å². The maximum atomic E-state index is 13.4. The molecule has 1 amide bonds. The average Bonchev–Trinajstić information content (AvgIpc) is 2.60. The zero-order valence-electron chi connectivity index (χ0n) is 15.2. The molecule has 4 aliphatic carbocycles. The molecule has 0 radical (unpaired) electrons. The number of halogens is 1. The number of carbonyl (C=O) groups excluding carboxylic acids is 2. The molecule has 0 aromatic heterocycles. The van der Waals surface area contributed by atoms with Gasteiger partial charge in [-0.25, -0.2) is 0 Å². The van der Waals surface area contributed by atoms with Crippen molar-refractivity contribution in [1.82, 2.24) is 4.90 Å². The molecule has 0 unspecified atom stereocenters. The molecule has 1 aromatic carbocycles. The summed E-state index contributed by atoms with van der Waals surface area (Å²) in [6.45, 7) is 0.431. The van der Waals surface area contributed by atoms with Gasteiger partial charge in [0.15, 0.2) is 0 Å². The Kier molecular flexibility index (Phi) is 4.72. The largest absolute Gasteiger partial charge is 0.469 e. The monoisotopic (exact) mass is 375 g/mol. The van der Waals surface area contributed by atoms with E-state index in [1.165, 1.54) is 26.4 Å². The van der Waals surface area contributed by atoms with Gasteiger partial charge in [-0.2, -0.15) is 0 Å². The summed E-state index contributed by atoms with van der Waals surface area (Å²) in [5.74, 6) is 1.97. The molecule has 0 saturated heterocycles. The predicted octanol–water partition coefficient (Wildman–Crippen LogP) is 4.31. The maximum Gasteiger partial charge on any atom is 0.307 e. The molecular formula is C21H26ClNO3. The van der Waals surface area contributed by atoms with E-state index < -0.39 is 0 Å². The Bertz CT molecular complexity index is 664. The van der Waals surface area contributed by atoms with Crippen molar-refractivity contribution >= 4 is 23.5 Å². The summed E-state index contributed by atoms with van der Waals surface area (Å²) in [6.07, 6.45) is 7.45.